The van der Waals surface area contributed by atoms with Crippen molar-refractivity contribution >= 4 is 17.9 Å². The lowest BCUT2D eigenvalue weighted by molar-refractivity contribution is -0.167. The summed E-state index contributed by atoms with van der Waals surface area (Å²) >= 11 is 0. The maximum Gasteiger partial charge on any atom is 0.306 e. The Morgan fingerprint density at radius 2 is 0.487 bits per heavy atom. The van der Waals surface area contributed by atoms with Crippen molar-refractivity contribution in [2.45, 2.75) is 277 Å². The fourth-order valence-corrected chi connectivity index (χ4v) is 8.45. The van der Waals surface area contributed by atoms with Gasteiger partial charge in [-0.05, 0) is 141 Å². The first-order valence-corrected chi connectivity index (χ1v) is 32.5. The summed E-state index contributed by atoms with van der Waals surface area (Å²) in [5.41, 5.74) is 0. The lowest BCUT2D eigenvalue weighted by Gasteiger charge is -2.18. The summed E-state index contributed by atoms with van der Waals surface area (Å²) in [7, 11) is 0. The van der Waals surface area contributed by atoms with Crippen molar-refractivity contribution in [3.05, 3.63) is 158 Å². The van der Waals surface area contributed by atoms with Crippen molar-refractivity contribution in [3.8, 4) is 0 Å². The molecule has 6 nitrogen and oxygen atoms in total. The zero-order valence-electron chi connectivity index (χ0n) is 51.5. The molecule has 80 heavy (non-hydrogen) atoms. The molecule has 0 N–H and O–H groups in total. The average Bonchev–Trinajstić information content (AvgIpc) is 3.46. The Balaban J connectivity index is 4.30. The largest absolute Gasteiger partial charge is 0.462 e. The number of ether oxygens (including phenoxy) is 3. The van der Waals surface area contributed by atoms with E-state index in [1.165, 1.54) is 77.0 Å². The fraction of sp³-hybridized carbons (Fsp3) is 0.608. The lowest BCUT2D eigenvalue weighted by atomic mass is 10.0. The molecular weight excluding hydrogens is 985 g/mol. The van der Waals surface area contributed by atoms with Crippen molar-refractivity contribution in [2.75, 3.05) is 13.2 Å². The molecule has 0 spiro atoms. The van der Waals surface area contributed by atoms with Gasteiger partial charge in [0.25, 0.3) is 0 Å². The van der Waals surface area contributed by atoms with Crippen molar-refractivity contribution < 1.29 is 28.6 Å². The van der Waals surface area contributed by atoms with E-state index in [1.54, 1.807) is 0 Å². The van der Waals surface area contributed by atoms with Gasteiger partial charge in [-0.1, -0.05) is 269 Å². The first kappa shape index (κ1) is 75.0. The summed E-state index contributed by atoms with van der Waals surface area (Å²) in [4.78, 5) is 38.2. The third-order valence-electron chi connectivity index (χ3n) is 13.2. The lowest BCUT2D eigenvalue weighted by Crippen LogP contribution is -2.30. The Kier molecular flexibility index (Phi) is 62.4. The fourth-order valence-electron chi connectivity index (χ4n) is 8.45. The monoisotopic (exact) mass is 1100 g/mol. The molecule has 0 amide bonds. The molecule has 0 aromatic carbocycles. The second-order valence-electron chi connectivity index (χ2n) is 20.9. The Labute approximate surface area is 492 Å². The molecule has 0 saturated heterocycles. The number of allylic oxidation sites excluding steroid dienone is 26. The Hall–Kier alpha value is -4.97. The van der Waals surface area contributed by atoms with Crippen molar-refractivity contribution in [2.24, 2.45) is 0 Å². The molecule has 0 heterocycles. The first-order chi connectivity index (χ1) is 39.5. The summed E-state index contributed by atoms with van der Waals surface area (Å²) in [6.07, 6.45) is 96.9. The summed E-state index contributed by atoms with van der Waals surface area (Å²) in [5, 5.41) is 0. The topological polar surface area (TPSA) is 78.9 Å². The van der Waals surface area contributed by atoms with Gasteiger partial charge in [0, 0.05) is 19.3 Å². The molecular formula is C74H118O6. The number of rotatable bonds is 57. The van der Waals surface area contributed by atoms with E-state index in [0.29, 0.717) is 19.3 Å². The standard InChI is InChI=1S/C74H118O6/c1-4-7-10-13-16-19-22-24-26-28-30-32-33-34-35-36-37-38-39-40-41-43-44-46-48-50-52-55-58-61-64-67-73(76)79-70-71(69-78-72(75)66-63-60-57-54-21-18-15-12-9-6-3)80-74(77)68-65-62-59-56-53-51-49-47-45-42-31-29-27-25-23-20-17-14-11-8-5-2/h7-8,10-12,15-17,19-20,24-27,30-32,34-35,37-38,42,47,49,53,56,71H,4-6,9,13-14,18,21-23,28-29,33,36,39-41,43-46,48,50-52,54-55,57-70H2,1-3H3/b10-7-,11-8-,15-12-,19-16-,20-17-,26-24-,27-25-,32-30-,35-34-,38-37-,42-31-,49-47-,56-53-. The van der Waals surface area contributed by atoms with Gasteiger partial charge in [0.15, 0.2) is 6.10 Å². The number of carbonyl (C=O) groups excluding carboxylic acids is 3. The number of carbonyl (C=O) groups is 3. The highest BCUT2D eigenvalue weighted by Crippen LogP contribution is 2.15. The zero-order valence-corrected chi connectivity index (χ0v) is 51.5. The van der Waals surface area contributed by atoms with Crippen LogP contribution < -0.4 is 0 Å². The third kappa shape index (κ3) is 63.9. The second-order valence-corrected chi connectivity index (χ2v) is 20.9. The molecule has 0 saturated carbocycles. The predicted molar refractivity (Wildman–Crippen MR) is 348 cm³/mol. The number of hydrogen-bond acceptors (Lipinski definition) is 6. The van der Waals surface area contributed by atoms with Crippen LogP contribution >= 0.6 is 0 Å². The van der Waals surface area contributed by atoms with Crippen LogP contribution in [0.4, 0.5) is 0 Å². The maximum absolute atomic E-state index is 12.9. The van der Waals surface area contributed by atoms with Crippen LogP contribution in [0.3, 0.4) is 0 Å². The van der Waals surface area contributed by atoms with Crippen LogP contribution in [0.25, 0.3) is 0 Å². The molecule has 450 valence electrons. The Bertz CT molecular complexity index is 1790. The predicted octanol–water partition coefficient (Wildman–Crippen LogP) is 22.5. The van der Waals surface area contributed by atoms with E-state index in [-0.39, 0.29) is 37.5 Å². The highest BCUT2D eigenvalue weighted by Gasteiger charge is 2.19. The van der Waals surface area contributed by atoms with Crippen molar-refractivity contribution in [3.63, 3.8) is 0 Å². The minimum atomic E-state index is -0.812. The summed E-state index contributed by atoms with van der Waals surface area (Å²) in [6.45, 7) is 6.30. The van der Waals surface area contributed by atoms with E-state index in [2.05, 4.69) is 179 Å². The van der Waals surface area contributed by atoms with Crippen LogP contribution in [-0.4, -0.2) is 37.2 Å². The molecule has 6 heteroatoms. The van der Waals surface area contributed by atoms with E-state index < -0.39 is 6.10 Å². The highest BCUT2D eigenvalue weighted by molar-refractivity contribution is 5.71. The second kappa shape index (κ2) is 66.5. The minimum absolute atomic E-state index is 0.105. The molecule has 0 aromatic heterocycles. The molecule has 0 fully saturated rings. The number of esters is 3. The van der Waals surface area contributed by atoms with Crippen LogP contribution in [0.5, 0.6) is 0 Å². The van der Waals surface area contributed by atoms with Crippen LogP contribution in [0, 0.1) is 0 Å². The molecule has 0 radical (unpaired) electrons. The minimum Gasteiger partial charge on any atom is -0.462 e. The number of hydrogen-bond donors (Lipinski definition) is 0. The third-order valence-corrected chi connectivity index (χ3v) is 13.2. The van der Waals surface area contributed by atoms with Gasteiger partial charge >= 0.3 is 17.9 Å². The molecule has 1 unspecified atom stereocenters. The van der Waals surface area contributed by atoms with E-state index in [4.69, 9.17) is 14.2 Å². The average molecular weight is 1100 g/mol. The quantitative estimate of drug-likeness (QED) is 0.0261. The van der Waals surface area contributed by atoms with E-state index in [1.807, 2.05) is 0 Å². The van der Waals surface area contributed by atoms with E-state index in [0.717, 1.165) is 148 Å². The molecule has 0 rings (SSSR count). The van der Waals surface area contributed by atoms with Gasteiger partial charge < -0.3 is 14.2 Å². The summed E-state index contributed by atoms with van der Waals surface area (Å²) in [6, 6.07) is 0. The van der Waals surface area contributed by atoms with Crippen LogP contribution in [0.15, 0.2) is 158 Å². The van der Waals surface area contributed by atoms with Crippen LogP contribution in [-0.2, 0) is 28.6 Å². The maximum atomic E-state index is 12.9. The van der Waals surface area contributed by atoms with Gasteiger partial charge in [-0.2, -0.15) is 0 Å². The van der Waals surface area contributed by atoms with Gasteiger partial charge in [0.2, 0.25) is 0 Å². The normalized spacial score (nSPS) is 13.2. The smallest absolute Gasteiger partial charge is 0.306 e. The summed E-state index contributed by atoms with van der Waals surface area (Å²) in [5.74, 6) is -0.964. The molecule has 1 atom stereocenters. The van der Waals surface area contributed by atoms with Gasteiger partial charge in [0.1, 0.15) is 13.2 Å². The van der Waals surface area contributed by atoms with Gasteiger partial charge in [0.05, 0.1) is 0 Å². The first-order valence-electron chi connectivity index (χ1n) is 32.5. The SMILES string of the molecule is CC/C=C\C/C=C\C/C=C\C/C=C\C/C=C\C/C=C\CCCCCCCCCCCCCCC(=O)OCC(COC(=O)CCCCCCC/C=C\CCC)OC(=O)CCCC/C=C\C/C=C\C/C=C\C/C=C\C/C=C\C/C=C\CC. The molecule has 0 bridgehead atoms. The van der Waals surface area contributed by atoms with Gasteiger partial charge in [-0.25, -0.2) is 0 Å². The number of unbranched alkanes of at least 4 members (excludes halogenated alkanes) is 20. The molecule has 0 aliphatic rings. The zero-order chi connectivity index (χ0) is 57.8. The van der Waals surface area contributed by atoms with E-state index in [9.17, 15) is 14.4 Å². The summed E-state index contributed by atoms with van der Waals surface area (Å²) < 4.78 is 16.8. The Morgan fingerprint density at radius 1 is 0.263 bits per heavy atom. The van der Waals surface area contributed by atoms with Gasteiger partial charge in [-0.15, -0.1) is 0 Å². The van der Waals surface area contributed by atoms with Crippen molar-refractivity contribution in [1.82, 2.24) is 0 Å². The van der Waals surface area contributed by atoms with Crippen LogP contribution in [0.1, 0.15) is 271 Å². The van der Waals surface area contributed by atoms with Crippen LogP contribution in [0.2, 0.25) is 0 Å². The molecule has 0 aromatic rings. The molecule has 0 aliphatic heterocycles. The Morgan fingerprint density at radius 3 is 0.800 bits per heavy atom. The highest BCUT2D eigenvalue weighted by atomic mass is 16.6. The molecule has 0 aliphatic carbocycles. The van der Waals surface area contributed by atoms with Crippen molar-refractivity contribution in [1.29, 1.82) is 0 Å². The van der Waals surface area contributed by atoms with E-state index >= 15 is 0 Å². The van der Waals surface area contributed by atoms with Gasteiger partial charge in [-0.3, -0.25) is 14.4 Å².